The van der Waals surface area contributed by atoms with Crippen molar-refractivity contribution in [2.45, 2.75) is 0 Å². The van der Waals surface area contributed by atoms with E-state index in [4.69, 9.17) is 13.9 Å². The molecule has 0 fully saturated rings. The zero-order valence-corrected chi connectivity index (χ0v) is 11.9. The summed E-state index contributed by atoms with van der Waals surface area (Å²) in [6.07, 6.45) is 4.15. The standard InChI is InChI=1S/C16H15NO5/c1-20-13-6-4-12(5-7-13)17-15(18)11-22-16(19)9-8-14-3-2-10-21-14/h2-10H,11H2,1H3,(H,17,18). The van der Waals surface area contributed by atoms with Gasteiger partial charge in [-0.2, -0.15) is 0 Å². The lowest BCUT2D eigenvalue weighted by Gasteiger charge is -2.06. The van der Waals surface area contributed by atoms with Gasteiger partial charge in [-0.25, -0.2) is 4.79 Å². The van der Waals surface area contributed by atoms with Crippen LogP contribution in [0.4, 0.5) is 5.69 Å². The van der Waals surface area contributed by atoms with Gasteiger partial charge in [0.15, 0.2) is 6.61 Å². The fourth-order valence-electron chi connectivity index (χ4n) is 1.59. The highest BCUT2D eigenvalue weighted by molar-refractivity contribution is 5.94. The second-order valence-corrected chi connectivity index (χ2v) is 4.23. The predicted octanol–water partition coefficient (Wildman–Crippen LogP) is 2.48. The molecule has 114 valence electrons. The van der Waals surface area contributed by atoms with Crippen molar-refractivity contribution >= 4 is 23.6 Å². The number of carbonyl (C=O) groups is 2. The maximum Gasteiger partial charge on any atom is 0.331 e. The zero-order valence-electron chi connectivity index (χ0n) is 11.9. The van der Waals surface area contributed by atoms with Crippen molar-refractivity contribution in [3.8, 4) is 5.75 Å². The van der Waals surface area contributed by atoms with E-state index in [0.29, 0.717) is 17.2 Å². The van der Waals surface area contributed by atoms with Crippen molar-refractivity contribution in [3.05, 3.63) is 54.5 Å². The van der Waals surface area contributed by atoms with Crippen LogP contribution >= 0.6 is 0 Å². The Balaban J connectivity index is 1.75. The van der Waals surface area contributed by atoms with E-state index in [0.717, 1.165) is 0 Å². The first-order chi connectivity index (χ1) is 10.7. The summed E-state index contributed by atoms with van der Waals surface area (Å²) >= 11 is 0. The first kappa shape index (κ1) is 15.4. The quantitative estimate of drug-likeness (QED) is 0.655. The van der Waals surface area contributed by atoms with Gasteiger partial charge in [-0.1, -0.05) is 0 Å². The third kappa shape index (κ3) is 4.82. The maximum absolute atomic E-state index is 11.6. The van der Waals surface area contributed by atoms with E-state index >= 15 is 0 Å². The van der Waals surface area contributed by atoms with Crippen LogP contribution in [0.3, 0.4) is 0 Å². The van der Waals surface area contributed by atoms with E-state index in [2.05, 4.69) is 5.32 Å². The molecular weight excluding hydrogens is 286 g/mol. The number of esters is 1. The molecule has 1 amide bonds. The molecule has 0 radical (unpaired) electrons. The van der Waals surface area contributed by atoms with Gasteiger partial charge in [0, 0.05) is 11.8 Å². The number of hydrogen-bond donors (Lipinski definition) is 1. The molecule has 0 aliphatic carbocycles. The molecule has 22 heavy (non-hydrogen) atoms. The molecule has 0 aliphatic rings. The second kappa shape index (κ2) is 7.68. The molecule has 2 aromatic rings. The fourth-order valence-corrected chi connectivity index (χ4v) is 1.59. The van der Waals surface area contributed by atoms with Crippen LogP contribution in [-0.4, -0.2) is 25.6 Å². The van der Waals surface area contributed by atoms with Crippen LogP contribution in [0.2, 0.25) is 0 Å². The molecule has 1 N–H and O–H groups in total. The molecule has 0 atom stereocenters. The van der Waals surface area contributed by atoms with Crippen molar-refractivity contribution in [1.29, 1.82) is 0 Å². The Morgan fingerprint density at radius 3 is 2.64 bits per heavy atom. The largest absolute Gasteiger partial charge is 0.497 e. The number of furan rings is 1. The summed E-state index contributed by atoms with van der Waals surface area (Å²) in [7, 11) is 1.56. The van der Waals surface area contributed by atoms with E-state index in [1.165, 1.54) is 18.4 Å². The first-order valence-corrected chi connectivity index (χ1v) is 6.49. The average molecular weight is 301 g/mol. The lowest BCUT2D eigenvalue weighted by molar-refractivity contribution is -0.142. The number of amides is 1. The van der Waals surface area contributed by atoms with Crippen LogP contribution in [0.5, 0.6) is 5.75 Å². The van der Waals surface area contributed by atoms with Gasteiger partial charge < -0.3 is 19.2 Å². The summed E-state index contributed by atoms with van der Waals surface area (Å²) in [5.41, 5.74) is 0.591. The Bertz CT molecular complexity index is 644. The van der Waals surface area contributed by atoms with Gasteiger partial charge in [-0.3, -0.25) is 4.79 Å². The molecule has 1 aromatic carbocycles. The Morgan fingerprint density at radius 2 is 2.00 bits per heavy atom. The van der Waals surface area contributed by atoms with E-state index in [-0.39, 0.29) is 6.61 Å². The normalized spacial score (nSPS) is 10.4. The molecule has 0 aliphatic heterocycles. The Labute approximate surface area is 127 Å². The minimum absolute atomic E-state index is 0.368. The summed E-state index contributed by atoms with van der Waals surface area (Å²) in [6.45, 7) is -0.368. The Morgan fingerprint density at radius 1 is 1.23 bits per heavy atom. The Kier molecular flexibility index (Phi) is 5.37. The van der Waals surface area contributed by atoms with E-state index in [1.54, 1.807) is 43.5 Å². The highest BCUT2D eigenvalue weighted by atomic mass is 16.5. The molecule has 6 heteroatoms. The van der Waals surface area contributed by atoms with Gasteiger partial charge in [0.25, 0.3) is 5.91 Å². The van der Waals surface area contributed by atoms with Gasteiger partial charge in [-0.15, -0.1) is 0 Å². The molecule has 0 saturated heterocycles. The van der Waals surface area contributed by atoms with Crippen molar-refractivity contribution < 1.29 is 23.5 Å². The van der Waals surface area contributed by atoms with Crippen molar-refractivity contribution in [3.63, 3.8) is 0 Å². The zero-order chi connectivity index (χ0) is 15.8. The van der Waals surface area contributed by atoms with Crippen LogP contribution in [0, 0.1) is 0 Å². The van der Waals surface area contributed by atoms with Crippen LogP contribution < -0.4 is 10.1 Å². The van der Waals surface area contributed by atoms with Crippen molar-refractivity contribution in [2.24, 2.45) is 0 Å². The number of carbonyl (C=O) groups excluding carboxylic acids is 2. The number of ether oxygens (including phenoxy) is 2. The van der Waals surface area contributed by atoms with Crippen LogP contribution in [0.1, 0.15) is 5.76 Å². The van der Waals surface area contributed by atoms with Crippen LogP contribution in [0.15, 0.2) is 53.2 Å². The van der Waals surface area contributed by atoms with Gasteiger partial charge in [-0.05, 0) is 42.5 Å². The van der Waals surface area contributed by atoms with Crippen molar-refractivity contribution in [2.75, 3.05) is 19.0 Å². The molecule has 2 rings (SSSR count). The number of rotatable bonds is 6. The monoisotopic (exact) mass is 301 g/mol. The van der Waals surface area contributed by atoms with Gasteiger partial charge >= 0.3 is 5.97 Å². The van der Waals surface area contributed by atoms with E-state index < -0.39 is 11.9 Å². The summed E-state index contributed by atoms with van der Waals surface area (Å²) < 4.78 is 14.9. The van der Waals surface area contributed by atoms with E-state index in [1.807, 2.05) is 0 Å². The van der Waals surface area contributed by atoms with Crippen LogP contribution in [0.25, 0.3) is 6.08 Å². The Hall–Kier alpha value is -3.02. The fraction of sp³-hybridized carbons (Fsp3) is 0.125. The highest BCUT2D eigenvalue weighted by Gasteiger charge is 2.06. The third-order valence-corrected chi connectivity index (χ3v) is 2.65. The summed E-state index contributed by atoms with van der Waals surface area (Å²) in [5, 5.41) is 2.60. The smallest absolute Gasteiger partial charge is 0.331 e. The summed E-state index contributed by atoms with van der Waals surface area (Å²) in [5.74, 6) is 0.165. The molecule has 1 aromatic heterocycles. The number of anilines is 1. The number of benzene rings is 1. The molecule has 0 bridgehead atoms. The predicted molar refractivity (Wildman–Crippen MR) is 80.3 cm³/mol. The topological polar surface area (TPSA) is 77.8 Å². The lowest BCUT2D eigenvalue weighted by atomic mass is 10.3. The van der Waals surface area contributed by atoms with E-state index in [9.17, 15) is 9.59 Å². The molecule has 0 unspecified atom stereocenters. The minimum atomic E-state index is -0.624. The molecule has 1 heterocycles. The number of methoxy groups -OCH3 is 1. The summed E-state index contributed by atoms with van der Waals surface area (Å²) in [6, 6.07) is 10.2. The molecule has 0 spiro atoms. The molecule has 6 nitrogen and oxygen atoms in total. The third-order valence-electron chi connectivity index (χ3n) is 2.65. The lowest BCUT2D eigenvalue weighted by Crippen LogP contribution is -2.20. The molecular formula is C16H15NO5. The maximum atomic E-state index is 11.6. The second-order valence-electron chi connectivity index (χ2n) is 4.23. The molecule has 0 saturated carbocycles. The van der Waals surface area contributed by atoms with Gasteiger partial charge in [0.2, 0.25) is 0 Å². The average Bonchev–Trinajstić information content (AvgIpc) is 3.05. The van der Waals surface area contributed by atoms with Crippen LogP contribution in [-0.2, 0) is 14.3 Å². The summed E-state index contributed by atoms with van der Waals surface area (Å²) in [4.78, 5) is 23.1. The number of nitrogens with one attached hydrogen (secondary N) is 1. The van der Waals surface area contributed by atoms with Gasteiger partial charge in [0.05, 0.1) is 13.4 Å². The minimum Gasteiger partial charge on any atom is -0.497 e. The first-order valence-electron chi connectivity index (χ1n) is 6.49. The highest BCUT2D eigenvalue weighted by Crippen LogP contribution is 2.14. The van der Waals surface area contributed by atoms with Crippen molar-refractivity contribution in [1.82, 2.24) is 0 Å². The van der Waals surface area contributed by atoms with Gasteiger partial charge in [0.1, 0.15) is 11.5 Å². The number of hydrogen-bond acceptors (Lipinski definition) is 5. The SMILES string of the molecule is COc1ccc(NC(=O)COC(=O)C=Cc2ccco2)cc1.